The summed E-state index contributed by atoms with van der Waals surface area (Å²) in [6.07, 6.45) is -5.53. The minimum Gasteiger partial charge on any atom is -0.379 e. The number of aliphatic hydroxyl groups is 1. The fourth-order valence-electron chi connectivity index (χ4n) is 1.21. The van der Waals surface area contributed by atoms with Gasteiger partial charge in [-0.2, -0.15) is 25.9 Å². The van der Waals surface area contributed by atoms with E-state index in [1.54, 1.807) is 0 Å². The molecule has 1 heterocycles. The van der Waals surface area contributed by atoms with Crippen LogP contribution in [0.3, 0.4) is 0 Å². The van der Waals surface area contributed by atoms with E-state index in [1.165, 1.54) is 0 Å². The molecule has 5 nitrogen and oxygen atoms in total. The lowest BCUT2D eigenvalue weighted by molar-refractivity contribution is -0.252. The van der Waals surface area contributed by atoms with Gasteiger partial charge in [0.25, 0.3) is 10.2 Å². The highest BCUT2D eigenvalue weighted by molar-refractivity contribution is 7.86. The quantitative estimate of drug-likeness (QED) is 0.622. The normalized spacial score (nSPS) is 30.9. The highest BCUT2D eigenvalue weighted by atomic mass is 32.2. The largest absolute Gasteiger partial charge is 0.418 e. The van der Waals surface area contributed by atoms with E-state index in [-0.39, 0.29) is 0 Å². The molecule has 1 aliphatic rings. The van der Waals surface area contributed by atoms with Crippen LogP contribution in [-0.2, 0) is 10.2 Å². The first-order chi connectivity index (χ1) is 6.06. The molecule has 0 amide bonds. The molecule has 0 spiro atoms. The van der Waals surface area contributed by atoms with Crippen LogP contribution in [0.1, 0.15) is 6.42 Å². The molecule has 0 bridgehead atoms. The molecule has 0 aromatic rings. The second kappa shape index (κ2) is 3.05. The van der Waals surface area contributed by atoms with Crippen molar-refractivity contribution in [2.24, 2.45) is 5.14 Å². The first kappa shape index (κ1) is 11.7. The average molecular weight is 234 g/mol. The highest BCUT2D eigenvalue weighted by Crippen LogP contribution is 2.37. The molecule has 9 heteroatoms. The van der Waals surface area contributed by atoms with E-state index >= 15 is 0 Å². The van der Waals surface area contributed by atoms with Gasteiger partial charge in [-0.15, -0.1) is 0 Å². The lowest BCUT2D eigenvalue weighted by Gasteiger charge is -2.25. The maximum Gasteiger partial charge on any atom is 0.418 e. The Morgan fingerprint density at radius 3 is 2.14 bits per heavy atom. The number of hydrogen-bond acceptors (Lipinski definition) is 3. The van der Waals surface area contributed by atoms with E-state index in [1.807, 2.05) is 0 Å². The monoisotopic (exact) mass is 234 g/mol. The predicted octanol–water partition coefficient (Wildman–Crippen LogP) is -0.811. The second-order valence-corrected chi connectivity index (χ2v) is 4.70. The molecular weight excluding hydrogens is 225 g/mol. The van der Waals surface area contributed by atoms with E-state index in [0.717, 1.165) is 0 Å². The molecular formula is C5H9F3N2O3S. The van der Waals surface area contributed by atoms with Crippen LogP contribution in [-0.4, -0.2) is 42.7 Å². The van der Waals surface area contributed by atoms with Crippen molar-refractivity contribution in [1.82, 2.24) is 4.31 Å². The molecule has 14 heavy (non-hydrogen) atoms. The van der Waals surface area contributed by atoms with Crippen LogP contribution in [0, 0.1) is 0 Å². The molecule has 3 N–H and O–H groups in total. The van der Waals surface area contributed by atoms with Crippen molar-refractivity contribution in [1.29, 1.82) is 0 Å². The summed E-state index contributed by atoms with van der Waals surface area (Å²) in [7, 11) is -4.16. The molecule has 1 unspecified atom stereocenters. The third-order valence-electron chi connectivity index (χ3n) is 2.10. The van der Waals surface area contributed by atoms with Crippen LogP contribution in [0.5, 0.6) is 0 Å². The van der Waals surface area contributed by atoms with Crippen molar-refractivity contribution >= 4 is 10.2 Å². The fourth-order valence-corrected chi connectivity index (χ4v) is 1.95. The van der Waals surface area contributed by atoms with Gasteiger partial charge in [0.05, 0.1) is 6.54 Å². The van der Waals surface area contributed by atoms with Gasteiger partial charge >= 0.3 is 6.18 Å². The van der Waals surface area contributed by atoms with E-state index in [9.17, 15) is 21.6 Å². The van der Waals surface area contributed by atoms with Gasteiger partial charge < -0.3 is 5.11 Å². The first-order valence-corrected chi connectivity index (χ1v) is 5.13. The van der Waals surface area contributed by atoms with Gasteiger partial charge in [-0.3, -0.25) is 0 Å². The third-order valence-corrected chi connectivity index (χ3v) is 3.13. The Kier molecular flexibility index (Phi) is 2.55. The third kappa shape index (κ3) is 2.00. The topological polar surface area (TPSA) is 83.6 Å². The highest BCUT2D eigenvalue weighted by Gasteiger charge is 2.58. The summed E-state index contributed by atoms with van der Waals surface area (Å²) >= 11 is 0. The minimum absolute atomic E-state index is 0.403. The zero-order valence-corrected chi connectivity index (χ0v) is 7.77. The molecule has 1 rings (SSSR count). The Bertz CT molecular complexity index is 328. The summed E-state index contributed by atoms with van der Waals surface area (Å²) in [5, 5.41) is 13.7. The van der Waals surface area contributed by atoms with Gasteiger partial charge in [0.2, 0.25) is 0 Å². The summed E-state index contributed by atoms with van der Waals surface area (Å²) in [4.78, 5) is 0. The molecule has 0 aromatic heterocycles. The van der Waals surface area contributed by atoms with E-state index in [2.05, 4.69) is 5.14 Å². The predicted molar refractivity (Wildman–Crippen MR) is 40.3 cm³/mol. The number of rotatable bonds is 1. The maximum atomic E-state index is 12.2. The zero-order valence-electron chi connectivity index (χ0n) is 6.95. The maximum absolute atomic E-state index is 12.2. The molecule has 1 saturated heterocycles. The molecule has 1 aliphatic heterocycles. The average Bonchev–Trinajstić information content (AvgIpc) is 2.29. The van der Waals surface area contributed by atoms with Crippen molar-refractivity contribution < 1.29 is 26.7 Å². The van der Waals surface area contributed by atoms with Gasteiger partial charge in [0.15, 0.2) is 5.60 Å². The number of nitrogens with zero attached hydrogens (tertiary/aromatic N) is 1. The molecule has 0 aliphatic carbocycles. The van der Waals surface area contributed by atoms with Gasteiger partial charge in [-0.05, 0) is 0 Å². The van der Waals surface area contributed by atoms with Crippen molar-refractivity contribution in [2.75, 3.05) is 13.1 Å². The van der Waals surface area contributed by atoms with Crippen LogP contribution in [0.25, 0.3) is 0 Å². The molecule has 84 valence electrons. The van der Waals surface area contributed by atoms with Crippen LogP contribution in [0.2, 0.25) is 0 Å². The summed E-state index contributed by atoms with van der Waals surface area (Å²) in [6, 6.07) is 0. The van der Waals surface area contributed by atoms with Gasteiger partial charge in [-0.1, -0.05) is 0 Å². The number of alkyl halides is 3. The lowest BCUT2D eigenvalue weighted by Crippen LogP contribution is -2.48. The van der Waals surface area contributed by atoms with Gasteiger partial charge in [0.1, 0.15) is 0 Å². The second-order valence-electron chi connectivity index (χ2n) is 3.16. The van der Waals surface area contributed by atoms with E-state index < -0.39 is 41.5 Å². The Hall–Kier alpha value is -0.380. The Labute approximate surface area is 78.5 Å². The van der Waals surface area contributed by atoms with Gasteiger partial charge in [-0.25, -0.2) is 5.14 Å². The number of nitrogens with two attached hydrogens (primary N) is 1. The zero-order chi connectivity index (χ0) is 11.2. The number of halogens is 3. The molecule has 0 aromatic carbocycles. The SMILES string of the molecule is NS(=O)(=O)N1CCC(O)(C(F)(F)F)C1. The Balaban J connectivity index is 2.85. The fraction of sp³-hybridized carbons (Fsp3) is 1.00. The number of β-amino-alcohol motifs (C(OH)–C–C–N with tert-alkyl or cyclic N) is 1. The van der Waals surface area contributed by atoms with Crippen LogP contribution in [0.4, 0.5) is 13.2 Å². The summed E-state index contributed by atoms with van der Waals surface area (Å²) in [5.74, 6) is 0. The van der Waals surface area contributed by atoms with Crippen molar-refractivity contribution in [3.8, 4) is 0 Å². The summed E-state index contributed by atoms with van der Waals surface area (Å²) < 4.78 is 58.3. The van der Waals surface area contributed by atoms with E-state index in [4.69, 9.17) is 5.11 Å². The van der Waals surface area contributed by atoms with Gasteiger partial charge in [0, 0.05) is 13.0 Å². The summed E-state index contributed by atoms with van der Waals surface area (Å²) in [5.41, 5.74) is -2.97. The molecule has 1 atom stereocenters. The standard InChI is InChI=1S/C5H9F3N2O3S/c6-5(7,8)4(11)1-2-10(3-4)14(9,12)13/h11H,1-3H2,(H2,9,12,13). The van der Waals surface area contributed by atoms with Crippen LogP contribution < -0.4 is 5.14 Å². The molecule has 0 saturated carbocycles. The minimum atomic E-state index is -4.84. The molecule has 1 fully saturated rings. The Morgan fingerprint density at radius 1 is 1.43 bits per heavy atom. The smallest absolute Gasteiger partial charge is 0.379 e. The first-order valence-electron chi connectivity index (χ1n) is 3.63. The number of hydrogen-bond donors (Lipinski definition) is 2. The van der Waals surface area contributed by atoms with Crippen molar-refractivity contribution in [3.63, 3.8) is 0 Å². The van der Waals surface area contributed by atoms with Crippen LogP contribution >= 0.6 is 0 Å². The van der Waals surface area contributed by atoms with Crippen LogP contribution in [0.15, 0.2) is 0 Å². The van der Waals surface area contributed by atoms with E-state index in [0.29, 0.717) is 4.31 Å². The van der Waals surface area contributed by atoms with Crippen molar-refractivity contribution in [2.45, 2.75) is 18.2 Å². The Morgan fingerprint density at radius 2 is 1.93 bits per heavy atom. The lowest BCUT2D eigenvalue weighted by atomic mass is 10.0. The summed E-state index contributed by atoms with van der Waals surface area (Å²) in [6.45, 7) is -1.45. The van der Waals surface area contributed by atoms with Crippen molar-refractivity contribution in [3.05, 3.63) is 0 Å². The molecule has 0 radical (unpaired) electrons.